The number of halogens is 1. The molecule has 1 heterocycles. The first-order valence-corrected chi connectivity index (χ1v) is 7.91. The average molecular weight is 344 g/mol. The zero-order valence-corrected chi connectivity index (χ0v) is 13.6. The van der Waals surface area contributed by atoms with E-state index in [0.29, 0.717) is 23.5 Å². The number of hydrogen-bond acceptors (Lipinski definition) is 4. The molecule has 5 nitrogen and oxygen atoms in total. The Bertz CT molecular complexity index is 504. The number of ether oxygens (including phenoxy) is 1. The van der Waals surface area contributed by atoms with Crippen molar-refractivity contribution in [1.82, 2.24) is 9.78 Å². The van der Waals surface area contributed by atoms with Gasteiger partial charge in [-0.25, -0.2) is 4.68 Å². The zero-order chi connectivity index (χ0) is 14.5. The maximum Gasteiger partial charge on any atom is 0.283 e. The first-order chi connectivity index (χ1) is 9.63. The van der Waals surface area contributed by atoms with Gasteiger partial charge in [0.05, 0.1) is 25.0 Å². The monoisotopic (exact) mass is 343 g/mol. The van der Waals surface area contributed by atoms with E-state index in [-0.39, 0.29) is 5.56 Å². The van der Waals surface area contributed by atoms with Crippen LogP contribution in [0, 0.1) is 11.8 Å². The van der Waals surface area contributed by atoms with Crippen molar-refractivity contribution in [3.05, 3.63) is 21.0 Å². The minimum absolute atomic E-state index is 0.119. The molecule has 0 aromatic carbocycles. The van der Waals surface area contributed by atoms with Crippen molar-refractivity contribution >= 4 is 21.6 Å². The highest BCUT2D eigenvalue weighted by molar-refractivity contribution is 9.10. The molecule has 1 aromatic rings. The van der Waals surface area contributed by atoms with Crippen LogP contribution < -0.4 is 10.9 Å². The highest BCUT2D eigenvalue weighted by Gasteiger charge is 2.23. The summed E-state index contributed by atoms with van der Waals surface area (Å²) in [5.74, 6) is 1.45. The summed E-state index contributed by atoms with van der Waals surface area (Å²) in [6, 6.07) is 0. The third-order valence-corrected chi connectivity index (χ3v) is 4.85. The number of anilines is 1. The Morgan fingerprint density at radius 3 is 3.00 bits per heavy atom. The van der Waals surface area contributed by atoms with Crippen molar-refractivity contribution in [2.24, 2.45) is 11.8 Å². The van der Waals surface area contributed by atoms with Gasteiger partial charge in [-0.3, -0.25) is 4.79 Å². The van der Waals surface area contributed by atoms with Gasteiger partial charge in [0.2, 0.25) is 0 Å². The lowest BCUT2D eigenvalue weighted by molar-refractivity contribution is 0.181. The van der Waals surface area contributed by atoms with Crippen molar-refractivity contribution in [1.29, 1.82) is 0 Å². The molecular weight excluding hydrogens is 322 g/mol. The van der Waals surface area contributed by atoms with Gasteiger partial charge in [-0.1, -0.05) is 19.8 Å². The van der Waals surface area contributed by atoms with E-state index in [9.17, 15) is 4.79 Å². The van der Waals surface area contributed by atoms with Gasteiger partial charge >= 0.3 is 0 Å². The minimum Gasteiger partial charge on any atom is -0.383 e. The van der Waals surface area contributed by atoms with Gasteiger partial charge in [0.15, 0.2) is 0 Å². The van der Waals surface area contributed by atoms with E-state index in [4.69, 9.17) is 4.74 Å². The second kappa shape index (κ2) is 7.22. The molecule has 1 saturated carbocycles. The minimum atomic E-state index is -0.119. The molecule has 1 aromatic heterocycles. The Kier molecular flexibility index (Phi) is 5.60. The molecule has 20 heavy (non-hydrogen) atoms. The van der Waals surface area contributed by atoms with Crippen LogP contribution in [0.4, 0.5) is 5.69 Å². The molecule has 0 bridgehead atoms. The first-order valence-electron chi connectivity index (χ1n) is 7.12. The van der Waals surface area contributed by atoms with E-state index in [2.05, 4.69) is 33.3 Å². The van der Waals surface area contributed by atoms with Gasteiger partial charge in [-0.2, -0.15) is 5.10 Å². The molecule has 2 rings (SSSR count). The van der Waals surface area contributed by atoms with E-state index in [1.165, 1.54) is 23.9 Å². The second-order valence-corrected chi connectivity index (χ2v) is 6.24. The first kappa shape index (κ1) is 15.5. The highest BCUT2D eigenvalue weighted by atomic mass is 79.9. The van der Waals surface area contributed by atoms with E-state index in [1.807, 2.05) is 0 Å². The average Bonchev–Trinajstić information content (AvgIpc) is 2.85. The van der Waals surface area contributed by atoms with Crippen LogP contribution >= 0.6 is 15.9 Å². The van der Waals surface area contributed by atoms with Gasteiger partial charge in [0, 0.05) is 13.7 Å². The summed E-state index contributed by atoms with van der Waals surface area (Å²) >= 11 is 3.37. The van der Waals surface area contributed by atoms with Crippen molar-refractivity contribution in [2.75, 3.05) is 25.6 Å². The van der Waals surface area contributed by atoms with E-state index in [1.54, 1.807) is 13.3 Å². The molecular formula is C14H22BrN3O2. The van der Waals surface area contributed by atoms with E-state index >= 15 is 0 Å². The molecule has 1 aliphatic carbocycles. The lowest BCUT2D eigenvalue weighted by Gasteiger charge is -2.17. The Morgan fingerprint density at radius 1 is 1.55 bits per heavy atom. The summed E-state index contributed by atoms with van der Waals surface area (Å²) in [6.07, 6.45) is 5.60. The van der Waals surface area contributed by atoms with Crippen LogP contribution in [0.5, 0.6) is 0 Å². The van der Waals surface area contributed by atoms with Crippen molar-refractivity contribution in [2.45, 2.75) is 32.7 Å². The molecule has 1 aliphatic rings. The fourth-order valence-corrected chi connectivity index (χ4v) is 3.14. The second-order valence-electron chi connectivity index (χ2n) is 5.44. The Hall–Kier alpha value is -0.880. The van der Waals surface area contributed by atoms with Crippen LogP contribution in [-0.4, -0.2) is 30.0 Å². The van der Waals surface area contributed by atoms with Gasteiger partial charge in [-0.15, -0.1) is 0 Å². The zero-order valence-electron chi connectivity index (χ0n) is 12.1. The molecule has 112 valence electrons. The number of methoxy groups -OCH3 is 1. The summed E-state index contributed by atoms with van der Waals surface area (Å²) in [5, 5.41) is 7.53. The van der Waals surface area contributed by atoms with E-state index in [0.717, 1.165) is 18.2 Å². The number of hydrogen-bond donors (Lipinski definition) is 1. The number of nitrogens with one attached hydrogen (secondary N) is 1. The smallest absolute Gasteiger partial charge is 0.283 e. The standard InChI is InChI=1S/C14H22BrN3O2/c1-10-4-3-5-11(10)8-16-12-9-17-18(6-7-20-2)14(19)13(12)15/h9-11,16H,3-8H2,1-2H3. The topological polar surface area (TPSA) is 56.1 Å². The maximum absolute atomic E-state index is 12.1. The Morgan fingerprint density at radius 2 is 2.35 bits per heavy atom. The SMILES string of the molecule is COCCn1ncc(NCC2CCCC2C)c(Br)c1=O. The summed E-state index contributed by atoms with van der Waals surface area (Å²) in [4.78, 5) is 12.1. The fraction of sp³-hybridized carbons (Fsp3) is 0.714. The van der Waals surface area contributed by atoms with E-state index < -0.39 is 0 Å². The number of nitrogens with zero attached hydrogens (tertiary/aromatic N) is 2. The Balaban J connectivity index is 2.01. The molecule has 0 radical (unpaired) electrons. The fourth-order valence-electron chi connectivity index (χ4n) is 2.69. The third kappa shape index (κ3) is 3.61. The molecule has 0 saturated heterocycles. The van der Waals surface area contributed by atoms with Crippen molar-refractivity contribution in [3.63, 3.8) is 0 Å². The van der Waals surface area contributed by atoms with Crippen LogP contribution in [0.2, 0.25) is 0 Å². The van der Waals surface area contributed by atoms with Gasteiger partial charge in [0.1, 0.15) is 4.47 Å². The molecule has 2 atom stereocenters. The predicted molar refractivity (Wildman–Crippen MR) is 83.1 cm³/mol. The lowest BCUT2D eigenvalue weighted by Crippen LogP contribution is -2.27. The molecule has 1 N–H and O–H groups in total. The van der Waals surface area contributed by atoms with Crippen molar-refractivity contribution in [3.8, 4) is 0 Å². The summed E-state index contributed by atoms with van der Waals surface area (Å²) in [7, 11) is 1.61. The van der Waals surface area contributed by atoms with Crippen LogP contribution in [0.3, 0.4) is 0 Å². The molecule has 0 spiro atoms. The summed E-state index contributed by atoms with van der Waals surface area (Å²) in [6.45, 7) is 4.15. The Labute approximate surface area is 127 Å². The van der Waals surface area contributed by atoms with Crippen molar-refractivity contribution < 1.29 is 4.74 Å². The van der Waals surface area contributed by atoms with Gasteiger partial charge in [-0.05, 0) is 34.2 Å². The van der Waals surface area contributed by atoms with Crippen LogP contribution in [0.1, 0.15) is 26.2 Å². The largest absolute Gasteiger partial charge is 0.383 e. The molecule has 2 unspecified atom stereocenters. The quantitative estimate of drug-likeness (QED) is 0.862. The predicted octanol–water partition coefficient (Wildman–Crippen LogP) is 2.50. The van der Waals surface area contributed by atoms with Crippen LogP contribution in [0.25, 0.3) is 0 Å². The number of aromatic nitrogens is 2. The van der Waals surface area contributed by atoms with Crippen LogP contribution in [-0.2, 0) is 11.3 Å². The van der Waals surface area contributed by atoms with Gasteiger partial charge in [0.25, 0.3) is 5.56 Å². The number of rotatable bonds is 6. The lowest BCUT2D eigenvalue weighted by atomic mass is 9.98. The van der Waals surface area contributed by atoms with Gasteiger partial charge < -0.3 is 10.1 Å². The normalized spacial score (nSPS) is 22.1. The maximum atomic E-state index is 12.1. The molecule has 6 heteroatoms. The van der Waals surface area contributed by atoms with Crippen LogP contribution in [0.15, 0.2) is 15.5 Å². The molecule has 1 fully saturated rings. The highest BCUT2D eigenvalue weighted by Crippen LogP contribution is 2.31. The summed E-state index contributed by atoms with van der Waals surface area (Å²) < 4.78 is 6.93. The molecule has 0 aliphatic heterocycles. The summed E-state index contributed by atoms with van der Waals surface area (Å²) in [5.41, 5.74) is 0.661. The molecule has 0 amide bonds. The third-order valence-electron chi connectivity index (χ3n) is 4.09.